The number of rotatable bonds is 8. The highest BCUT2D eigenvalue weighted by Gasteiger charge is 2.18. The van der Waals surface area contributed by atoms with Gasteiger partial charge in [0.1, 0.15) is 11.3 Å². The molecule has 0 bridgehead atoms. The van der Waals surface area contributed by atoms with E-state index in [2.05, 4.69) is 32.6 Å². The zero-order valence-electron chi connectivity index (χ0n) is 12.9. The molecule has 1 unspecified atom stereocenters. The highest BCUT2D eigenvalue weighted by atomic mass is 32.2. The van der Waals surface area contributed by atoms with Crippen molar-refractivity contribution in [3.05, 3.63) is 11.3 Å². The Balaban J connectivity index is 1.84. The number of nitrogens with zero attached hydrogens (tertiary/aromatic N) is 5. The number of hydrogen-bond donors (Lipinski definition) is 1. The Morgan fingerprint density at radius 1 is 1.41 bits per heavy atom. The molecule has 0 spiro atoms. The molecule has 2 heterocycles. The lowest BCUT2D eigenvalue weighted by Crippen LogP contribution is -2.22. The van der Waals surface area contributed by atoms with Crippen molar-refractivity contribution in [2.24, 2.45) is 7.05 Å². The van der Waals surface area contributed by atoms with E-state index in [4.69, 9.17) is 0 Å². The van der Waals surface area contributed by atoms with E-state index in [-0.39, 0.29) is 11.2 Å². The Kier molecular flexibility index (Phi) is 6.32. The Morgan fingerprint density at radius 3 is 2.91 bits per heavy atom. The summed E-state index contributed by atoms with van der Waals surface area (Å²) in [5.74, 6) is -0.107. The summed E-state index contributed by atoms with van der Waals surface area (Å²) in [5.41, 5.74) is 0. The molecule has 0 aliphatic rings. The van der Waals surface area contributed by atoms with Crippen LogP contribution in [0.25, 0.3) is 0 Å². The second kappa shape index (κ2) is 8.23. The first kappa shape index (κ1) is 16.9. The molecule has 1 N–H and O–H groups in total. The van der Waals surface area contributed by atoms with Crippen LogP contribution in [0.3, 0.4) is 0 Å². The van der Waals surface area contributed by atoms with Crippen molar-refractivity contribution in [2.75, 3.05) is 5.32 Å². The Labute approximate surface area is 137 Å². The second-order valence-electron chi connectivity index (χ2n) is 4.93. The first-order valence-corrected chi connectivity index (χ1v) is 8.93. The van der Waals surface area contributed by atoms with Gasteiger partial charge in [0, 0.05) is 13.5 Å². The highest BCUT2D eigenvalue weighted by molar-refractivity contribution is 8.00. The highest BCUT2D eigenvalue weighted by Crippen LogP contribution is 2.23. The van der Waals surface area contributed by atoms with Gasteiger partial charge >= 0.3 is 0 Å². The standard InChI is InChI=1S/C13H20N6OS2/c1-4-5-6-7-10-16-17-12(22-10)15-11(20)9(2)21-13-18-14-8-19(13)3/h8-9H,4-7H2,1-3H3,(H,15,17,20). The van der Waals surface area contributed by atoms with Gasteiger partial charge in [0.05, 0.1) is 5.25 Å². The minimum absolute atomic E-state index is 0.107. The molecule has 120 valence electrons. The van der Waals surface area contributed by atoms with E-state index in [0.717, 1.165) is 17.8 Å². The molecule has 0 saturated heterocycles. The van der Waals surface area contributed by atoms with Gasteiger partial charge in [0.25, 0.3) is 0 Å². The van der Waals surface area contributed by atoms with Gasteiger partial charge in [-0.3, -0.25) is 10.1 Å². The maximum Gasteiger partial charge on any atom is 0.239 e. The number of aromatic nitrogens is 5. The fourth-order valence-electron chi connectivity index (χ4n) is 1.73. The molecule has 1 atom stereocenters. The van der Waals surface area contributed by atoms with Crippen molar-refractivity contribution in [1.29, 1.82) is 0 Å². The molecule has 22 heavy (non-hydrogen) atoms. The van der Waals surface area contributed by atoms with Crippen molar-refractivity contribution in [2.45, 2.75) is 49.9 Å². The third kappa shape index (κ3) is 4.77. The summed E-state index contributed by atoms with van der Waals surface area (Å²) in [7, 11) is 1.85. The fourth-order valence-corrected chi connectivity index (χ4v) is 3.30. The number of carbonyl (C=O) groups excluding carboxylic acids is 1. The lowest BCUT2D eigenvalue weighted by molar-refractivity contribution is -0.115. The van der Waals surface area contributed by atoms with E-state index >= 15 is 0 Å². The quantitative estimate of drug-likeness (QED) is 0.587. The van der Waals surface area contributed by atoms with Gasteiger partial charge in [-0.25, -0.2) is 0 Å². The molecule has 7 nitrogen and oxygen atoms in total. The van der Waals surface area contributed by atoms with Crippen LogP contribution in [0.5, 0.6) is 0 Å². The molecule has 0 radical (unpaired) electrons. The molecule has 2 aromatic heterocycles. The zero-order valence-corrected chi connectivity index (χ0v) is 14.6. The fraction of sp³-hybridized carbons (Fsp3) is 0.615. The van der Waals surface area contributed by atoms with E-state index in [1.807, 2.05) is 14.0 Å². The van der Waals surface area contributed by atoms with E-state index in [1.54, 1.807) is 10.9 Å². The summed E-state index contributed by atoms with van der Waals surface area (Å²) in [6.45, 7) is 4.00. The van der Waals surface area contributed by atoms with Crippen LogP contribution < -0.4 is 5.32 Å². The molecule has 1 amide bonds. The topological polar surface area (TPSA) is 85.6 Å². The van der Waals surface area contributed by atoms with Crippen molar-refractivity contribution in [3.8, 4) is 0 Å². The van der Waals surface area contributed by atoms with E-state index in [0.29, 0.717) is 10.3 Å². The largest absolute Gasteiger partial charge is 0.312 e. The Hall–Kier alpha value is -1.48. The SMILES string of the molecule is CCCCCc1nnc(NC(=O)C(C)Sc2nncn2C)s1. The first-order valence-electron chi connectivity index (χ1n) is 7.24. The van der Waals surface area contributed by atoms with Gasteiger partial charge in [-0.05, 0) is 13.3 Å². The van der Waals surface area contributed by atoms with Crippen LogP contribution >= 0.6 is 23.1 Å². The normalized spacial score (nSPS) is 12.3. The number of nitrogens with one attached hydrogen (secondary N) is 1. The maximum atomic E-state index is 12.2. The van der Waals surface area contributed by atoms with Gasteiger partial charge in [0.15, 0.2) is 5.16 Å². The summed E-state index contributed by atoms with van der Waals surface area (Å²) < 4.78 is 1.78. The van der Waals surface area contributed by atoms with Gasteiger partial charge in [-0.1, -0.05) is 42.9 Å². The van der Waals surface area contributed by atoms with Gasteiger partial charge in [-0.2, -0.15) is 0 Å². The van der Waals surface area contributed by atoms with Crippen LogP contribution in [0.4, 0.5) is 5.13 Å². The van der Waals surface area contributed by atoms with E-state index in [9.17, 15) is 4.79 Å². The average molecular weight is 340 g/mol. The number of carbonyl (C=O) groups is 1. The number of aryl methyl sites for hydroxylation is 2. The Bertz CT molecular complexity index is 611. The number of unbranched alkanes of at least 4 members (excludes halogenated alkanes) is 2. The third-order valence-corrected chi connectivity index (χ3v) is 5.06. The maximum absolute atomic E-state index is 12.2. The minimum atomic E-state index is -0.282. The molecular formula is C13H20N6OS2. The zero-order chi connectivity index (χ0) is 15.9. The molecule has 9 heteroatoms. The lowest BCUT2D eigenvalue weighted by Gasteiger charge is -2.08. The molecule has 2 aromatic rings. The van der Waals surface area contributed by atoms with Crippen molar-refractivity contribution >= 4 is 34.1 Å². The monoisotopic (exact) mass is 340 g/mol. The van der Waals surface area contributed by atoms with Crippen LogP contribution in [0.15, 0.2) is 11.5 Å². The lowest BCUT2D eigenvalue weighted by atomic mass is 10.2. The smallest absolute Gasteiger partial charge is 0.239 e. The van der Waals surface area contributed by atoms with Crippen LogP contribution in [0.2, 0.25) is 0 Å². The molecule has 0 aromatic carbocycles. The third-order valence-electron chi connectivity index (χ3n) is 3.01. The summed E-state index contributed by atoms with van der Waals surface area (Å²) in [4.78, 5) is 12.2. The van der Waals surface area contributed by atoms with Crippen LogP contribution in [-0.4, -0.2) is 36.1 Å². The van der Waals surface area contributed by atoms with Gasteiger partial charge in [-0.15, -0.1) is 20.4 Å². The first-order chi connectivity index (χ1) is 10.6. The summed E-state index contributed by atoms with van der Waals surface area (Å²) >= 11 is 2.81. The van der Waals surface area contributed by atoms with E-state index < -0.39 is 0 Å². The van der Waals surface area contributed by atoms with Gasteiger partial charge in [0.2, 0.25) is 11.0 Å². The molecule has 0 aliphatic carbocycles. The number of hydrogen-bond acceptors (Lipinski definition) is 7. The number of amides is 1. The van der Waals surface area contributed by atoms with Crippen LogP contribution in [0.1, 0.15) is 38.1 Å². The number of anilines is 1. The van der Waals surface area contributed by atoms with Crippen LogP contribution in [-0.2, 0) is 18.3 Å². The predicted octanol–water partition coefficient (Wildman–Crippen LogP) is 2.52. The minimum Gasteiger partial charge on any atom is -0.312 e. The van der Waals surface area contributed by atoms with E-state index in [1.165, 1.54) is 35.9 Å². The van der Waals surface area contributed by atoms with Crippen LogP contribution in [0, 0.1) is 0 Å². The average Bonchev–Trinajstić information content (AvgIpc) is 3.09. The Morgan fingerprint density at radius 2 is 2.23 bits per heavy atom. The van der Waals surface area contributed by atoms with Crippen molar-refractivity contribution in [3.63, 3.8) is 0 Å². The van der Waals surface area contributed by atoms with Gasteiger partial charge < -0.3 is 4.57 Å². The summed E-state index contributed by atoms with van der Waals surface area (Å²) in [5, 5.41) is 20.7. The summed E-state index contributed by atoms with van der Waals surface area (Å²) in [6, 6.07) is 0. The predicted molar refractivity (Wildman–Crippen MR) is 88.1 cm³/mol. The molecule has 2 rings (SSSR count). The second-order valence-corrected chi connectivity index (χ2v) is 7.30. The number of thioether (sulfide) groups is 1. The molecule has 0 fully saturated rings. The molecule has 0 saturated carbocycles. The van der Waals surface area contributed by atoms with Crippen molar-refractivity contribution < 1.29 is 4.79 Å². The molecular weight excluding hydrogens is 320 g/mol. The summed E-state index contributed by atoms with van der Waals surface area (Å²) in [6.07, 6.45) is 6.01. The van der Waals surface area contributed by atoms with Crippen molar-refractivity contribution in [1.82, 2.24) is 25.0 Å². The molecule has 0 aliphatic heterocycles.